The average molecular weight is 1480 g/mol. The van der Waals surface area contributed by atoms with Gasteiger partial charge in [-0.25, -0.2) is 9.13 Å². The summed E-state index contributed by atoms with van der Waals surface area (Å²) in [7, 11) is -9.92. The van der Waals surface area contributed by atoms with E-state index in [-0.39, 0.29) is 25.7 Å². The van der Waals surface area contributed by atoms with E-state index in [0.717, 1.165) is 102 Å². The lowest BCUT2D eigenvalue weighted by molar-refractivity contribution is -0.161. The Morgan fingerprint density at radius 3 is 0.752 bits per heavy atom. The molecule has 0 aliphatic rings. The minimum absolute atomic E-state index is 0.107. The van der Waals surface area contributed by atoms with Gasteiger partial charge in [0.25, 0.3) is 0 Å². The zero-order valence-corrected chi connectivity index (χ0v) is 68.0. The molecule has 6 atom stereocenters. The normalized spacial score (nSPS) is 14.2. The summed E-state index contributed by atoms with van der Waals surface area (Å²) in [4.78, 5) is 73.0. The van der Waals surface area contributed by atoms with Crippen molar-refractivity contribution in [1.82, 2.24) is 0 Å². The summed E-state index contributed by atoms with van der Waals surface area (Å²) in [6.07, 6.45) is 63.8. The van der Waals surface area contributed by atoms with Crippen LogP contribution in [0.3, 0.4) is 0 Å². The molecule has 0 rings (SSSR count). The van der Waals surface area contributed by atoms with Crippen LogP contribution >= 0.6 is 15.6 Å². The Labute approximate surface area is 619 Å². The third-order valence-electron chi connectivity index (χ3n) is 19.6. The smallest absolute Gasteiger partial charge is 0.462 e. The number of phosphoric acid groups is 2. The Morgan fingerprint density at radius 2 is 0.505 bits per heavy atom. The van der Waals surface area contributed by atoms with Crippen molar-refractivity contribution in [2.75, 3.05) is 39.6 Å². The van der Waals surface area contributed by atoms with Crippen molar-refractivity contribution in [1.29, 1.82) is 0 Å². The van der Waals surface area contributed by atoms with Crippen molar-refractivity contribution in [3.8, 4) is 0 Å². The molecule has 0 fully saturated rings. The number of aliphatic hydroxyl groups excluding tert-OH is 1. The summed E-state index contributed by atoms with van der Waals surface area (Å²) in [5, 5.41) is 10.6. The quantitative estimate of drug-likeness (QED) is 0.0222. The molecule has 0 aromatic heterocycles. The van der Waals surface area contributed by atoms with Crippen LogP contribution in [0, 0.1) is 11.8 Å². The van der Waals surface area contributed by atoms with Gasteiger partial charge in [0.15, 0.2) is 12.2 Å². The van der Waals surface area contributed by atoms with Crippen LogP contribution < -0.4 is 0 Å². The van der Waals surface area contributed by atoms with Crippen LogP contribution in [0.5, 0.6) is 0 Å². The van der Waals surface area contributed by atoms with Crippen molar-refractivity contribution < 1.29 is 80.2 Å². The lowest BCUT2D eigenvalue weighted by Gasteiger charge is -2.21. The number of ether oxygens (including phenoxy) is 4. The van der Waals surface area contributed by atoms with Gasteiger partial charge in [-0.1, -0.05) is 382 Å². The number of unbranched alkanes of at least 4 members (excludes halogenated alkanes) is 50. The molecule has 19 heteroatoms. The minimum Gasteiger partial charge on any atom is -0.462 e. The third-order valence-corrected chi connectivity index (χ3v) is 21.5. The van der Waals surface area contributed by atoms with Gasteiger partial charge in [-0.05, 0) is 37.5 Å². The molecule has 0 bridgehead atoms. The number of hydrogen-bond acceptors (Lipinski definition) is 15. The summed E-state index contributed by atoms with van der Waals surface area (Å²) in [6.45, 7) is 9.66. The molecule has 101 heavy (non-hydrogen) atoms. The van der Waals surface area contributed by atoms with Crippen molar-refractivity contribution in [2.24, 2.45) is 11.8 Å². The Morgan fingerprint density at radius 1 is 0.287 bits per heavy atom. The Hall–Kier alpha value is -1.94. The van der Waals surface area contributed by atoms with Crippen molar-refractivity contribution in [2.45, 2.75) is 452 Å². The lowest BCUT2D eigenvalue weighted by atomic mass is 9.99. The van der Waals surface area contributed by atoms with Gasteiger partial charge >= 0.3 is 39.5 Å². The van der Waals surface area contributed by atoms with Crippen molar-refractivity contribution >= 4 is 39.5 Å². The molecule has 0 saturated carbocycles. The molecular formula is C82H160O17P2. The number of rotatable bonds is 81. The molecule has 0 radical (unpaired) electrons. The van der Waals surface area contributed by atoms with E-state index >= 15 is 0 Å². The summed E-state index contributed by atoms with van der Waals surface area (Å²) in [5.74, 6) is -0.531. The first-order chi connectivity index (χ1) is 48.9. The topological polar surface area (TPSA) is 237 Å². The summed E-state index contributed by atoms with van der Waals surface area (Å²) in [5.41, 5.74) is 0. The fourth-order valence-electron chi connectivity index (χ4n) is 12.7. The number of carbonyl (C=O) groups is 4. The van der Waals surface area contributed by atoms with Gasteiger partial charge < -0.3 is 33.8 Å². The molecule has 0 amide bonds. The molecule has 0 aromatic carbocycles. The average Bonchev–Trinajstić information content (AvgIpc) is 1.17. The maximum absolute atomic E-state index is 13.1. The van der Waals surface area contributed by atoms with E-state index in [0.29, 0.717) is 31.6 Å². The summed E-state index contributed by atoms with van der Waals surface area (Å²) < 4.78 is 68.7. The minimum atomic E-state index is -4.96. The summed E-state index contributed by atoms with van der Waals surface area (Å²) >= 11 is 0. The molecule has 0 aromatic rings. The monoisotopic (exact) mass is 1480 g/mol. The fraction of sp³-hybridized carbons (Fsp3) is 0.951. The molecule has 17 nitrogen and oxygen atoms in total. The van der Waals surface area contributed by atoms with E-state index in [1.54, 1.807) is 0 Å². The zero-order chi connectivity index (χ0) is 74.2. The number of phosphoric ester groups is 2. The maximum atomic E-state index is 13.1. The molecule has 0 aliphatic heterocycles. The number of esters is 4. The molecule has 600 valence electrons. The van der Waals surface area contributed by atoms with Crippen LogP contribution in [-0.4, -0.2) is 96.7 Å². The predicted molar refractivity (Wildman–Crippen MR) is 414 cm³/mol. The second kappa shape index (κ2) is 73.6. The Bertz CT molecular complexity index is 1940. The SMILES string of the molecule is CCCCCCCCCCCCCCCCCC(=O)OC[C@H](COP(=O)(O)OC[C@@H](O)COP(=O)(O)OC[C@@H](COC(=O)CCCCCCCCCC(C)C)OC(=O)CCCCCCCCCCCCCCCC)OC(=O)CCCCCCCCCCCCCCCCCCCCC(C)CC. The van der Waals surface area contributed by atoms with Crippen LogP contribution in [0.4, 0.5) is 0 Å². The van der Waals surface area contributed by atoms with E-state index in [9.17, 15) is 43.2 Å². The van der Waals surface area contributed by atoms with E-state index in [2.05, 4.69) is 41.5 Å². The highest BCUT2D eigenvalue weighted by Gasteiger charge is 2.30. The number of hydrogen-bond donors (Lipinski definition) is 3. The first-order valence-corrected chi connectivity index (χ1v) is 45.5. The van der Waals surface area contributed by atoms with Gasteiger partial charge in [0.2, 0.25) is 0 Å². The molecule has 3 N–H and O–H groups in total. The van der Waals surface area contributed by atoms with Gasteiger partial charge in [-0.15, -0.1) is 0 Å². The van der Waals surface area contributed by atoms with Crippen LogP contribution in [0.1, 0.15) is 433 Å². The Kier molecular flexibility index (Phi) is 72.2. The largest absolute Gasteiger partial charge is 0.472 e. The lowest BCUT2D eigenvalue weighted by Crippen LogP contribution is -2.30. The first kappa shape index (κ1) is 99.1. The molecule has 3 unspecified atom stereocenters. The highest BCUT2D eigenvalue weighted by Crippen LogP contribution is 2.45. The highest BCUT2D eigenvalue weighted by molar-refractivity contribution is 7.47. The summed E-state index contributed by atoms with van der Waals surface area (Å²) in [6, 6.07) is 0. The van der Waals surface area contributed by atoms with Gasteiger partial charge in [0, 0.05) is 25.7 Å². The molecule has 0 heterocycles. The van der Waals surface area contributed by atoms with Crippen molar-refractivity contribution in [3.05, 3.63) is 0 Å². The maximum Gasteiger partial charge on any atom is 0.472 e. The van der Waals surface area contributed by atoms with Crippen LogP contribution in [-0.2, 0) is 65.4 Å². The first-order valence-electron chi connectivity index (χ1n) is 42.5. The van der Waals surface area contributed by atoms with E-state index in [1.165, 1.54) is 244 Å². The van der Waals surface area contributed by atoms with Gasteiger partial charge in [0.1, 0.15) is 19.3 Å². The van der Waals surface area contributed by atoms with Crippen LogP contribution in [0.2, 0.25) is 0 Å². The standard InChI is InChI=1S/C82H160O17P2/c1-7-10-12-14-16-18-20-22-28-33-36-40-46-52-58-64-79(84)92-70-77(98-81(86)67-61-55-48-42-38-34-30-27-25-24-26-29-31-35-39-45-51-57-63-75(6)9-3)72-96-100(88,89)94-68-76(83)69-95-101(90,91)97-73-78(71-93-80(85)65-59-53-49-43-44-50-56-62-74(4)5)99-82(87)66-60-54-47-41-37-32-23-21-19-17-15-13-11-8-2/h74-78,83H,7-73H2,1-6H3,(H,88,89)(H,90,91)/t75?,76-,77-,78-/m1/s1. The van der Waals surface area contributed by atoms with Gasteiger partial charge in [-0.3, -0.25) is 37.3 Å². The van der Waals surface area contributed by atoms with E-state index < -0.39 is 97.5 Å². The molecule has 0 spiro atoms. The molecular weight excluding hydrogens is 1320 g/mol. The zero-order valence-electron chi connectivity index (χ0n) is 66.2. The van der Waals surface area contributed by atoms with Crippen LogP contribution in [0.25, 0.3) is 0 Å². The molecule has 0 saturated heterocycles. The third kappa shape index (κ3) is 74.7. The number of carbonyl (C=O) groups excluding carboxylic acids is 4. The fourth-order valence-corrected chi connectivity index (χ4v) is 14.3. The second-order valence-corrected chi connectivity index (χ2v) is 33.1. The van der Waals surface area contributed by atoms with Gasteiger partial charge in [0.05, 0.1) is 26.4 Å². The van der Waals surface area contributed by atoms with Crippen molar-refractivity contribution in [3.63, 3.8) is 0 Å². The van der Waals surface area contributed by atoms with Gasteiger partial charge in [-0.2, -0.15) is 0 Å². The predicted octanol–water partition coefficient (Wildman–Crippen LogP) is 24.7. The number of aliphatic hydroxyl groups is 1. The van der Waals surface area contributed by atoms with E-state index in [1.807, 2.05) is 0 Å². The van der Waals surface area contributed by atoms with E-state index in [4.69, 9.17) is 37.0 Å². The molecule has 0 aliphatic carbocycles. The van der Waals surface area contributed by atoms with Crippen LogP contribution in [0.15, 0.2) is 0 Å². The second-order valence-electron chi connectivity index (χ2n) is 30.2. The highest BCUT2D eigenvalue weighted by atomic mass is 31.2. The Balaban J connectivity index is 5.21.